The molecular weight excluding hydrogens is 843 g/mol. The van der Waals surface area contributed by atoms with Crippen LogP contribution in [0.1, 0.15) is 69.9 Å². The van der Waals surface area contributed by atoms with E-state index in [9.17, 15) is 0 Å². The number of rotatable bonds is 6. The van der Waals surface area contributed by atoms with E-state index in [2.05, 4.69) is 118 Å². The molecule has 0 amide bonds. The first kappa shape index (κ1) is 38.5. The smallest absolute Gasteiger partial charge is 0.216 e. The Kier molecular flexibility index (Phi) is 11.9. The van der Waals surface area contributed by atoms with Gasteiger partial charge in [0.05, 0.1) is 13.7 Å². The Labute approximate surface area is 329 Å². The zero-order valence-electron chi connectivity index (χ0n) is 31.8. The number of hydrogen-bond donors (Lipinski definition) is 0. The molecule has 273 valence electrons. The third-order valence-electron chi connectivity index (χ3n) is 10.0. The Balaban J connectivity index is 0.000000193. The first-order valence-electron chi connectivity index (χ1n) is 18.8. The molecule has 3 aromatic carbocycles. The predicted octanol–water partition coefficient (Wildman–Crippen LogP) is 12.2. The van der Waals surface area contributed by atoms with Gasteiger partial charge in [0, 0.05) is 44.1 Å². The van der Waals surface area contributed by atoms with Gasteiger partial charge < -0.3 is 14.4 Å². The van der Waals surface area contributed by atoms with Gasteiger partial charge in [-0.15, -0.1) is 53.6 Å². The Bertz CT molecular complexity index is 2280. The summed E-state index contributed by atoms with van der Waals surface area (Å²) < 4.78 is 6.06. The first-order valence-corrected chi connectivity index (χ1v) is 22.3. The number of benzene rings is 3. The van der Waals surface area contributed by atoms with Crippen molar-refractivity contribution >= 4 is 35.3 Å². The fourth-order valence-electron chi connectivity index (χ4n) is 7.60. The quantitative estimate of drug-likeness (QED) is 0.123. The van der Waals surface area contributed by atoms with Crippen LogP contribution in [0.2, 0.25) is 19.6 Å². The fourth-order valence-corrected chi connectivity index (χ4v) is 9.18. The van der Waals surface area contributed by atoms with Gasteiger partial charge in [-0.25, -0.2) is 4.98 Å². The number of hydrogen-bond acceptors (Lipinski definition) is 4. The molecule has 0 saturated heterocycles. The average molecular weight is 892 g/mol. The van der Waals surface area contributed by atoms with Crippen LogP contribution >= 0.6 is 0 Å². The second kappa shape index (κ2) is 16.4. The van der Waals surface area contributed by atoms with Crippen molar-refractivity contribution in [2.75, 3.05) is 0 Å². The summed E-state index contributed by atoms with van der Waals surface area (Å²) in [6, 6.07) is 38.1. The van der Waals surface area contributed by atoms with Gasteiger partial charge in [-0.3, -0.25) is 0 Å². The largest absolute Gasteiger partial charge is 0.486 e. The maximum Gasteiger partial charge on any atom is 0.216 e. The van der Waals surface area contributed by atoms with Crippen LogP contribution in [0.5, 0.6) is 0 Å². The zero-order chi connectivity index (χ0) is 36.3. The molecule has 0 atom stereocenters. The average Bonchev–Trinajstić information content (AvgIpc) is 3.54. The molecule has 0 bridgehead atoms. The minimum atomic E-state index is -1.37. The van der Waals surface area contributed by atoms with Gasteiger partial charge in [0.15, 0.2) is 0 Å². The normalized spacial score (nSPS) is 13.7. The molecule has 4 nitrogen and oxygen atoms in total. The molecule has 6 heteroatoms. The standard InChI is InChI=1S/C28H23N2O.C19H26NSi.Ir/c1-3-8-19(9-4-1)21-15-17-29-24(18-21)22-13-14-25-27(23-12-7-16-30-28(23)31-25)26(22)20-10-5-2-6-11-20;1-19(2,3)13-16-12-17(15-10-8-7-9-11-15)20-14-18(16)21(4,5)6;/h2,5-7,10-12,14-19H,1,3-4,8-9H2;7-10,12,14H,13H2,1-6H3;/q2*-1;. The van der Waals surface area contributed by atoms with E-state index in [0.29, 0.717) is 11.6 Å². The van der Waals surface area contributed by atoms with Crippen molar-refractivity contribution in [2.45, 2.75) is 84.9 Å². The molecule has 7 aromatic rings. The van der Waals surface area contributed by atoms with Crippen LogP contribution in [0.4, 0.5) is 0 Å². The van der Waals surface area contributed by atoms with E-state index >= 15 is 0 Å². The molecule has 1 fully saturated rings. The molecule has 53 heavy (non-hydrogen) atoms. The van der Waals surface area contributed by atoms with Crippen LogP contribution in [-0.4, -0.2) is 23.0 Å². The first-order chi connectivity index (χ1) is 25.0. The van der Waals surface area contributed by atoms with E-state index in [-0.39, 0.29) is 25.5 Å². The van der Waals surface area contributed by atoms with Gasteiger partial charge in [-0.2, -0.15) is 0 Å². The van der Waals surface area contributed by atoms with E-state index in [4.69, 9.17) is 14.4 Å². The summed E-state index contributed by atoms with van der Waals surface area (Å²) in [4.78, 5) is 13.9. The van der Waals surface area contributed by atoms with E-state index in [1.165, 1.54) is 48.4 Å². The monoisotopic (exact) mass is 892 g/mol. The molecule has 8 rings (SSSR count). The van der Waals surface area contributed by atoms with Crippen molar-refractivity contribution < 1.29 is 24.5 Å². The summed E-state index contributed by atoms with van der Waals surface area (Å²) >= 11 is 0. The van der Waals surface area contributed by atoms with Crippen molar-refractivity contribution in [2.24, 2.45) is 5.41 Å². The van der Waals surface area contributed by atoms with Gasteiger partial charge in [-0.05, 0) is 70.8 Å². The molecule has 0 aliphatic heterocycles. The van der Waals surface area contributed by atoms with Crippen LogP contribution in [0, 0.1) is 17.5 Å². The molecule has 0 N–H and O–H groups in total. The SMILES string of the molecule is CC(C)(C)Cc1cc(-c2[c-]cccc2)ncc1[Si](C)(C)C.[Ir].[c-]1cc2oc3ncccc3c2c(-c2ccccc2)c1-c1cc(C2CCCCC2)ccn1. The molecule has 1 radical (unpaired) electrons. The van der Waals surface area contributed by atoms with Crippen molar-refractivity contribution in [1.29, 1.82) is 0 Å². The second-order valence-corrected chi connectivity index (χ2v) is 21.4. The molecule has 4 aromatic heterocycles. The number of pyridine rings is 3. The Morgan fingerprint density at radius 3 is 2.28 bits per heavy atom. The minimum Gasteiger partial charge on any atom is -0.486 e. The summed E-state index contributed by atoms with van der Waals surface area (Å²) in [5.41, 5.74) is 11.0. The Morgan fingerprint density at radius 1 is 0.792 bits per heavy atom. The van der Waals surface area contributed by atoms with Crippen molar-refractivity contribution in [3.63, 3.8) is 0 Å². The van der Waals surface area contributed by atoms with Crippen LogP contribution in [0.15, 0.2) is 114 Å². The summed E-state index contributed by atoms with van der Waals surface area (Å²) in [5.74, 6) is 0.637. The number of furan rings is 1. The summed E-state index contributed by atoms with van der Waals surface area (Å²) in [5, 5.41) is 3.58. The molecule has 4 heterocycles. The summed E-state index contributed by atoms with van der Waals surface area (Å²) in [6.07, 6.45) is 13.5. The van der Waals surface area contributed by atoms with E-state index < -0.39 is 8.07 Å². The topological polar surface area (TPSA) is 51.8 Å². The Hall–Kier alpha value is -4.22. The van der Waals surface area contributed by atoms with Crippen molar-refractivity contribution in [3.05, 3.63) is 133 Å². The third-order valence-corrected chi connectivity index (χ3v) is 12.1. The van der Waals surface area contributed by atoms with Crippen molar-refractivity contribution in [3.8, 4) is 33.6 Å². The zero-order valence-corrected chi connectivity index (χ0v) is 35.2. The van der Waals surface area contributed by atoms with E-state index in [0.717, 1.165) is 56.4 Å². The number of aromatic nitrogens is 3. The van der Waals surface area contributed by atoms with Crippen molar-refractivity contribution in [1.82, 2.24) is 15.0 Å². The fraction of sp³-hybridized carbons (Fsp3) is 0.298. The summed E-state index contributed by atoms with van der Waals surface area (Å²) in [7, 11) is -1.37. The predicted molar refractivity (Wildman–Crippen MR) is 219 cm³/mol. The molecule has 0 spiro atoms. The summed E-state index contributed by atoms with van der Waals surface area (Å²) in [6.45, 7) is 14.1. The third kappa shape index (κ3) is 8.95. The molecule has 1 aliphatic rings. The van der Waals surface area contributed by atoms with Gasteiger partial charge in [0.25, 0.3) is 0 Å². The van der Waals surface area contributed by atoms with Crippen LogP contribution in [0.3, 0.4) is 0 Å². The van der Waals surface area contributed by atoms with Crippen LogP contribution < -0.4 is 5.19 Å². The van der Waals surface area contributed by atoms with Crippen LogP contribution in [0.25, 0.3) is 55.7 Å². The van der Waals surface area contributed by atoms with Gasteiger partial charge in [-0.1, -0.05) is 124 Å². The number of nitrogens with zero attached hydrogens (tertiary/aromatic N) is 3. The van der Waals surface area contributed by atoms with E-state index in [1.54, 1.807) is 6.20 Å². The maximum atomic E-state index is 6.06. The minimum absolute atomic E-state index is 0. The van der Waals surface area contributed by atoms with Crippen LogP contribution in [-0.2, 0) is 26.5 Å². The van der Waals surface area contributed by atoms with Gasteiger partial charge >= 0.3 is 0 Å². The second-order valence-electron chi connectivity index (χ2n) is 16.4. The number of fused-ring (bicyclic) bond motifs is 3. The molecule has 1 aliphatic carbocycles. The molecular formula is C47H49IrN3OSi-2. The van der Waals surface area contributed by atoms with Gasteiger partial charge in [0.2, 0.25) is 5.71 Å². The molecule has 0 unspecified atom stereocenters. The molecule has 1 saturated carbocycles. The van der Waals surface area contributed by atoms with Gasteiger partial charge in [0.1, 0.15) is 0 Å². The van der Waals surface area contributed by atoms with E-state index in [1.807, 2.05) is 42.6 Å². The Morgan fingerprint density at radius 2 is 1.57 bits per heavy atom. The maximum absolute atomic E-state index is 6.06.